The molecule has 1 aliphatic heterocycles. The Bertz CT molecular complexity index is 378. The summed E-state index contributed by atoms with van der Waals surface area (Å²) in [6, 6.07) is 7.27. The van der Waals surface area contributed by atoms with Gasteiger partial charge in [0, 0.05) is 6.42 Å². The van der Waals surface area contributed by atoms with E-state index < -0.39 is 12.0 Å². The van der Waals surface area contributed by atoms with Gasteiger partial charge < -0.3 is 9.94 Å². The Morgan fingerprint density at radius 1 is 1.44 bits per heavy atom. The number of hydrogen-bond acceptors (Lipinski definition) is 3. The molecule has 2 rings (SSSR count). The number of hydrogen-bond donors (Lipinski definition) is 1. The monoisotopic (exact) mass is 223 g/mol. The minimum Gasteiger partial charge on any atom is -0.480 e. The third-order valence-electron chi connectivity index (χ3n) is 2.73. The number of aliphatic carboxylic acids is 1. The molecule has 16 heavy (non-hydrogen) atoms. The van der Waals surface area contributed by atoms with Crippen molar-refractivity contribution in [3.05, 3.63) is 35.4 Å². The van der Waals surface area contributed by atoms with Crippen LogP contribution < -0.4 is 0 Å². The van der Waals surface area contributed by atoms with E-state index >= 15 is 0 Å². The molecule has 1 aromatic rings. The predicted octanol–water partition coefficient (Wildman–Crippen LogP) is 1.70. The standard InChI is InChI=1S/C11H13NO3.CH4/c1-15-12-7-9-5-3-2-4-8(9)6-10(12)11(13)14;/h2-5,10H,6-7H2,1H3,(H,13,14);1H4/t10-;/m0./s1. The highest BCUT2D eigenvalue weighted by Gasteiger charge is 2.31. The van der Waals surface area contributed by atoms with Crippen LogP contribution in [0, 0.1) is 0 Å². The average molecular weight is 223 g/mol. The number of nitrogens with zero attached hydrogens (tertiary/aromatic N) is 1. The Labute approximate surface area is 95.4 Å². The zero-order chi connectivity index (χ0) is 10.8. The lowest BCUT2D eigenvalue weighted by Crippen LogP contribution is -2.44. The lowest BCUT2D eigenvalue weighted by molar-refractivity contribution is -0.191. The minimum absolute atomic E-state index is 0. The van der Waals surface area contributed by atoms with Crippen molar-refractivity contribution in [2.75, 3.05) is 7.11 Å². The fourth-order valence-corrected chi connectivity index (χ4v) is 1.90. The summed E-state index contributed by atoms with van der Waals surface area (Å²) in [5, 5.41) is 10.5. The van der Waals surface area contributed by atoms with Gasteiger partial charge in [-0.1, -0.05) is 31.7 Å². The molecule has 4 nitrogen and oxygen atoms in total. The van der Waals surface area contributed by atoms with Gasteiger partial charge in [-0.3, -0.25) is 4.79 Å². The predicted molar refractivity (Wildman–Crippen MR) is 60.9 cm³/mol. The van der Waals surface area contributed by atoms with E-state index in [2.05, 4.69) is 0 Å². The Morgan fingerprint density at radius 2 is 2.06 bits per heavy atom. The zero-order valence-corrected chi connectivity index (χ0v) is 8.51. The van der Waals surface area contributed by atoms with Gasteiger partial charge in [0.15, 0.2) is 0 Å². The molecule has 1 aliphatic rings. The second kappa shape index (κ2) is 5.09. The maximum Gasteiger partial charge on any atom is 0.323 e. The third-order valence-corrected chi connectivity index (χ3v) is 2.73. The normalized spacial score (nSPS) is 19.7. The first-order valence-electron chi connectivity index (χ1n) is 4.82. The third kappa shape index (κ3) is 2.23. The first-order chi connectivity index (χ1) is 7.22. The summed E-state index contributed by atoms with van der Waals surface area (Å²) in [5.41, 5.74) is 2.23. The van der Waals surface area contributed by atoms with Crippen LogP contribution in [0.15, 0.2) is 24.3 Å². The van der Waals surface area contributed by atoms with Crippen molar-refractivity contribution < 1.29 is 14.7 Å². The van der Waals surface area contributed by atoms with Crippen molar-refractivity contribution in [3.8, 4) is 0 Å². The molecule has 0 saturated heterocycles. The van der Waals surface area contributed by atoms with Crippen molar-refractivity contribution >= 4 is 5.97 Å². The van der Waals surface area contributed by atoms with Gasteiger partial charge in [0.2, 0.25) is 0 Å². The highest BCUT2D eigenvalue weighted by Crippen LogP contribution is 2.23. The molecule has 0 aliphatic carbocycles. The van der Waals surface area contributed by atoms with Gasteiger partial charge in [-0.15, -0.1) is 0 Å². The van der Waals surface area contributed by atoms with E-state index in [-0.39, 0.29) is 7.43 Å². The summed E-state index contributed by atoms with van der Waals surface area (Å²) in [6.45, 7) is 0.531. The second-order valence-electron chi connectivity index (χ2n) is 3.58. The fraction of sp³-hybridized carbons (Fsp3) is 0.417. The van der Waals surface area contributed by atoms with Crippen molar-refractivity contribution in [1.82, 2.24) is 5.06 Å². The van der Waals surface area contributed by atoms with E-state index in [1.165, 1.54) is 12.2 Å². The Hall–Kier alpha value is -1.39. The van der Waals surface area contributed by atoms with Crippen molar-refractivity contribution in [2.45, 2.75) is 26.4 Å². The van der Waals surface area contributed by atoms with Gasteiger partial charge in [0.1, 0.15) is 6.04 Å². The van der Waals surface area contributed by atoms with Crippen LogP contribution in [0.4, 0.5) is 0 Å². The molecule has 0 radical (unpaired) electrons. The van der Waals surface area contributed by atoms with E-state index in [1.807, 2.05) is 24.3 Å². The van der Waals surface area contributed by atoms with E-state index in [0.29, 0.717) is 13.0 Å². The molecule has 0 amide bonds. The summed E-state index contributed by atoms with van der Waals surface area (Å²) in [5.74, 6) is -0.841. The Kier molecular flexibility index (Phi) is 4.04. The molecule has 0 saturated carbocycles. The highest BCUT2D eigenvalue weighted by atomic mass is 16.7. The molecule has 88 valence electrons. The van der Waals surface area contributed by atoms with Crippen LogP contribution in [0.1, 0.15) is 18.6 Å². The van der Waals surface area contributed by atoms with Gasteiger partial charge >= 0.3 is 5.97 Å². The molecule has 0 spiro atoms. The Balaban J connectivity index is 0.00000128. The molecule has 1 N–H and O–H groups in total. The van der Waals surface area contributed by atoms with E-state index in [1.54, 1.807) is 0 Å². The Morgan fingerprint density at radius 3 is 2.62 bits per heavy atom. The van der Waals surface area contributed by atoms with Gasteiger partial charge in [0.05, 0.1) is 13.7 Å². The van der Waals surface area contributed by atoms with Crippen LogP contribution >= 0.6 is 0 Å². The molecule has 0 aromatic heterocycles. The van der Waals surface area contributed by atoms with Gasteiger partial charge in [-0.2, -0.15) is 5.06 Å². The first-order valence-corrected chi connectivity index (χ1v) is 4.82. The molecular weight excluding hydrogens is 206 g/mol. The van der Waals surface area contributed by atoms with Crippen LogP contribution in [0.2, 0.25) is 0 Å². The summed E-state index contributed by atoms with van der Waals surface area (Å²) < 4.78 is 0. The summed E-state index contributed by atoms with van der Waals surface area (Å²) in [7, 11) is 1.50. The largest absolute Gasteiger partial charge is 0.480 e. The fourth-order valence-electron chi connectivity index (χ4n) is 1.90. The summed E-state index contributed by atoms with van der Waals surface area (Å²) in [6.07, 6.45) is 0.499. The number of carbonyl (C=O) groups is 1. The van der Waals surface area contributed by atoms with Crippen LogP contribution in [0.5, 0.6) is 0 Å². The molecule has 0 bridgehead atoms. The summed E-state index contributed by atoms with van der Waals surface area (Å²) in [4.78, 5) is 16.1. The van der Waals surface area contributed by atoms with Crippen molar-refractivity contribution in [3.63, 3.8) is 0 Å². The highest BCUT2D eigenvalue weighted by molar-refractivity contribution is 5.74. The van der Waals surface area contributed by atoms with Crippen molar-refractivity contribution in [2.24, 2.45) is 0 Å². The SMILES string of the molecule is C.CON1Cc2ccccc2C[C@H]1C(=O)O. The summed E-state index contributed by atoms with van der Waals surface area (Å²) >= 11 is 0. The quantitative estimate of drug-likeness (QED) is 0.829. The topological polar surface area (TPSA) is 49.8 Å². The molecular formula is C12H17NO3. The number of carboxylic acid groups (broad SMARTS) is 1. The van der Waals surface area contributed by atoms with Gasteiger partial charge in [-0.05, 0) is 11.1 Å². The van der Waals surface area contributed by atoms with E-state index in [4.69, 9.17) is 9.94 Å². The number of hydroxylamine groups is 2. The number of rotatable bonds is 2. The van der Waals surface area contributed by atoms with Gasteiger partial charge in [0.25, 0.3) is 0 Å². The molecule has 4 heteroatoms. The van der Waals surface area contributed by atoms with Crippen LogP contribution in [-0.4, -0.2) is 29.3 Å². The van der Waals surface area contributed by atoms with Crippen LogP contribution in [0.3, 0.4) is 0 Å². The minimum atomic E-state index is -0.841. The molecule has 1 aromatic carbocycles. The zero-order valence-electron chi connectivity index (χ0n) is 8.51. The first kappa shape index (κ1) is 12.7. The maximum absolute atomic E-state index is 11.0. The lowest BCUT2D eigenvalue weighted by atomic mass is 9.96. The lowest BCUT2D eigenvalue weighted by Gasteiger charge is -2.32. The number of fused-ring (bicyclic) bond motifs is 1. The van der Waals surface area contributed by atoms with Crippen LogP contribution in [-0.2, 0) is 22.6 Å². The van der Waals surface area contributed by atoms with Gasteiger partial charge in [-0.25, -0.2) is 0 Å². The number of carboxylic acids is 1. The molecule has 0 unspecified atom stereocenters. The molecule has 1 atom stereocenters. The number of benzene rings is 1. The van der Waals surface area contributed by atoms with Crippen molar-refractivity contribution in [1.29, 1.82) is 0 Å². The smallest absolute Gasteiger partial charge is 0.323 e. The second-order valence-corrected chi connectivity index (χ2v) is 3.58. The maximum atomic E-state index is 11.0. The van der Waals surface area contributed by atoms with E-state index in [0.717, 1.165) is 11.1 Å². The van der Waals surface area contributed by atoms with Crippen LogP contribution in [0.25, 0.3) is 0 Å². The molecule has 1 heterocycles. The average Bonchev–Trinajstić information content (AvgIpc) is 2.27. The molecule has 0 fully saturated rings. The van der Waals surface area contributed by atoms with E-state index in [9.17, 15) is 4.79 Å².